The molecule has 5 heteroatoms. The van der Waals surface area contributed by atoms with Crippen LogP contribution < -0.4 is 0 Å². The third-order valence-corrected chi connectivity index (χ3v) is 1.63. The summed E-state index contributed by atoms with van der Waals surface area (Å²) in [5.41, 5.74) is 9.05. The maximum absolute atomic E-state index is 8.24. The zero-order valence-electron chi connectivity index (χ0n) is 6.12. The molecule has 1 aromatic carbocycles. The maximum atomic E-state index is 8.24. The third-order valence-electron chi connectivity index (χ3n) is 1.63. The van der Waals surface area contributed by atoms with Gasteiger partial charge in [-0.25, -0.2) is 0 Å². The van der Waals surface area contributed by atoms with Crippen LogP contribution in [-0.2, 0) is 5.79 Å². The van der Waals surface area contributed by atoms with Crippen molar-refractivity contribution in [3.05, 3.63) is 46.3 Å². The van der Waals surface area contributed by atoms with Crippen LogP contribution in [0.2, 0.25) is 0 Å². The van der Waals surface area contributed by atoms with Crippen LogP contribution in [0.15, 0.2) is 45.7 Å². The van der Waals surface area contributed by atoms with Gasteiger partial charge >= 0.3 is 0 Å². The van der Waals surface area contributed by atoms with Crippen LogP contribution in [0.25, 0.3) is 10.4 Å². The molecule has 0 fully saturated rings. The smallest absolute Gasteiger partial charge is 0.147 e. The predicted octanol–water partition coefficient (Wildman–Crippen LogP) is 2.57. The molecule has 0 atom stereocenters. The quantitative estimate of drug-likeness (QED) is 0.361. The molecule has 0 aliphatic carbocycles. The molecule has 0 spiro atoms. The average molecular weight is 159 g/mol. The summed E-state index contributed by atoms with van der Waals surface area (Å²) in [5, 5.41) is 10.9. The Hall–Kier alpha value is -1.87. The first kappa shape index (κ1) is 6.82. The largest absolute Gasteiger partial charge is 0.293 e. The Morgan fingerprint density at radius 3 is 2.42 bits per heavy atom. The molecule has 0 aromatic heterocycles. The van der Waals surface area contributed by atoms with Crippen molar-refractivity contribution in [2.24, 2.45) is 15.3 Å². The Balaban J connectivity index is 2.37. The molecule has 0 bridgehead atoms. The monoisotopic (exact) mass is 159 g/mol. The first-order valence-electron chi connectivity index (χ1n) is 3.43. The molecule has 1 aromatic rings. The van der Waals surface area contributed by atoms with Crippen molar-refractivity contribution >= 4 is 0 Å². The fourth-order valence-electron chi connectivity index (χ4n) is 0.985. The number of hydrogen-bond donors (Lipinski definition) is 0. The Labute approximate surface area is 68.4 Å². The van der Waals surface area contributed by atoms with E-state index in [2.05, 4.69) is 20.3 Å². The van der Waals surface area contributed by atoms with Crippen molar-refractivity contribution in [2.45, 2.75) is 5.79 Å². The van der Waals surface area contributed by atoms with E-state index >= 15 is 0 Å². The molecule has 1 heterocycles. The van der Waals surface area contributed by atoms with Crippen molar-refractivity contribution in [1.82, 2.24) is 0 Å². The van der Waals surface area contributed by atoms with E-state index < -0.39 is 5.79 Å². The minimum Gasteiger partial charge on any atom is -0.147 e. The first-order valence-corrected chi connectivity index (χ1v) is 3.43. The van der Waals surface area contributed by atoms with Crippen LogP contribution in [0.5, 0.6) is 0 Å². The molecular weight excluding hydrogens is 154 g/mol. The van der Waals surface area contributed by atoms with E-state index in [1.807, 2.05) is 30.3 Å². The fraction of sp³-hybridized carbons (Fsp3) is 0.143. The molecule has 2 rings (SSSR count). The molecule has 0 unspecified atom stereocenters. The zero-order valence-corrected chi connectivity index (χ0v) is 6.12. The lowest BCUT2D eigenvalue weighted by molar-refractivity contribution is 0.678. The number of azide groups is 1. The molecule has 0 saturated carbocycles. The molecule has 58 valence electrons. The first-order chi connectivity index (χ1) is 5.87. The zero-order chi connectivity index (χ0) is 8.44. The minimum atomic E-state index is -0.948. The van der Waals surface area contributed by atoms with Gasteiger partial charge in [0.2, 0.25) is 0 Å². The van der Waals surface area contributed by atoms with E-state index in [0.717, 1.165) is 5.56 Å². The Morgan fingerprint density at radius 1 is 1.25 bits per heavy atom. The van der Waals surface area contributed by atoms with Gasteiger partial charge in [-0.15, -0.1) is 10.2 Å². The molecule has 1 aliphatic rings. The van der Waals surface area contributed by atoms with Gasteiger partial charge in [-0.2, -0.15) is 0 Å². The van der Waals surface area contributed by atoms with Gasteiger partial charge in [-0.3, -0.25) is 0 Å². The molecule has 0 amide bonds. The Kier molecular flexibility index (Phi) is 1.32. The van der Waals surface area contributed by atoms with Crippen LogP contribution in [0.3, 0.4) is 0 Å². The normalized spacial score (nSPS) is 16.7. The second kappa shape index (κ2) is 2.32. The lowest BCUT2D eigenvalue weighted by Crippen LogP contribution is -2.01. The average Bonchev–Trinajstić information content (AvgIpc) is 2.88. The summed E-state index contributed by atoms with van der Waals surface area (Å²) in [7, 11) is 0. The highest BCUT2D eigenvalue weighted by atomic mass is 15.6. The van der Waals surface area contributed by atoms with Crippen molar-refractivity contribution < 1.29 is 0 Å². The van der Waals surface area contributed by atoms with Crippen LogP contribution in [0.4, 0.5) is 0 Å². The number of hydrogen-bond acceptors (Lipinski definition) is 3. The number of rotatable bonds is 2. The summed E-state index contributed by atoms with van der Waals surface area (Å²) < 4.78 is 0. The summed E-state index contributed by atoms with van der Waals surface area (Å²) in [6, 6.07) is 9.25. The van der Waals surface area contributed by atoms with Crippen LogP contribution in [0.1, 0.15) is 5.56 Å². The van der Waals surface area contributed by atoms with Gasteiger partial charge in [0.05, 0.1) is 0 Å². The van der Waals surface area contributed by atoms with E-state index in [9.17, 15) is 0 Å². The lowest BCUT2D eigenvalue weighted by Gasteiger charge is -2.00. The Bertz CT molecular complexity index is 357. The molecule has 0 N–H and O–H groups in total. The van der Waals surface area contributed by atoms with Gasteiger partial charge in [0.15, 0.2) is 0 Å². The summed E-state index contributed by atoms with van der Waals surface area (Å²) in [5.74, 6) is -0.948. The van der Waals surface area contributed by atoms with Gasteiger partial charge in [0, 0.05) is 10.5 Å². The molecule has 5 nitrogen and oxygen atoms in total. The van der Waals surface area contributed by atoms with E-state index in [1.165, 1.54) is 0 Å². The molecule has 0 saturated heterocycles. The minimum absolute atomic E-state index is 0.808. The molecule has 12 heavy (non-hydrogen) atoms. The van der Waals surface area contributed by atoms with Gasteiger partial charge < -0.3 is 0 Å². The van der Waals surface area contributed by atoms with E-state index in [1.54, 1.807) is 0 Å². The topological polar surface area (TPSA) is 73.5 Å². The van der Waals surface area contributed by atoms with Gasteiger partial charge in [-0.05, 0) is 10.6 Å². The van der Waals surface area contributed by atoms with Gasteiger partial charge in [0.25, 0.3) is 5.79 Å². The highest BCUT2D eigenvalue weighted by Gasteiger charge is 2.41. The standard InChI is InChI=1S/C7H5N5/c8-12-11-7(9-10-7)6-4-2-1-3-5-6/h1-5H. The fourth-order valence-corrected chi connectivity index (χ4v) is 0.985. The second-order valence-corrected chi connectivity index (χ2v) is 2.39. The van der Waals surface area contributed by atoms with E-state index in [4.69, 9.17) is 5.53 Å². The third kappa shape index (κ3) is 0.926. The lowest BCUT2D eigenvalue weighted by atomic mass is 10.1. The van der Waals surface area contributed by atoms with Gasteiger partial charge in [0.1, 0.15) is 0 Å². The highest BCUT2D eigenvalue weighted by molar-refractivity contribution is 5.26. The summed E-state index contributed by atoms with van der Waals surface area (Å²) >= 11 is 0. The van der Waals surface area contributed by atoms with E-state index in [-0.39, 0.29) is 0 Å². The van der Waals surface area contributed by atoms with Gasteiger partial charge in [-0.1, -0.05) is 30.3 Å². The molecular formula is C7H5N5. The Morgan fingerprint density at radius 2 is 1.92 bits per heavy atom. The summed E-state index contributed by atoms with van der Waals surface area (Å²) in [6.07, 6.45) is 0. The number of nitrogens with zero attached hydrogens (tertiary/aromatic N) is 5. The van der Waals surface area contributed by atoms with Crippen LogP contribution in [-0.4, -0.2) is 0 Å². The molecule has 0 radical (unpaired) electrons. The predicted molar refractivity (Wildman–Crippen MR) is 42.1 cm³/mol. The van der Waals surface area contributed by atoms with Crippen molar-refractivity contribution in [2.75, 3.05) is 0 Å². The maximum Gasteiger partial charge on any atom is 0.293 e. The van der Waals surface area contributed by atoms with Crippen molar-refractivity contribution in [1.29, 1.82) is 0 Å². The molecule has 1 aliphatic heterocycles. The number of benzene rings is 1. The van der Waals surface area contributed by atoms with Crippen molar-refractivity contribution in [3.8, 4) is 0 Å². The van der Waals surface area contributed by atoms with Crippen LogP contribution >= 0.6 is 0 Å². The summed E-state index contributed by atoms with van der Waals surface area (Å²) in [4.78, 5) is 2.68. The van der Waals surface area contributed by atoms with Crippen molar-refractivity contribution in [3.63, 3.8) is 0 Å². The second-order valence-electron chi connectivity index (χ2n) is 2.39. The SMILES string of the molecule is [N-]=[N+]=NC1(c2ccccc2)N=N1. The van der Waals surface area contributed by atoms with E-state index in [0.29, 0.717) is 0 Å². The highest BCUT2D eigenvalue weighted by Crippen LogP contribution is 2.40. The summed E-state index contributed by atoms with van der Waals surface area (Å²) in [6.45, 7) is 0. The van der Waals surface area contributed by atoms with Crippen LogP contribution in [0, 0.1) is 0 Å².